The molecule has 0 unspecified atom stereocenters. The lowest BCUT2D eigenvalue weighted by Crippen LogP contribution is -2.11. The summed E-state index contributed by atoms with van der Waals surface area (Å²) < 4.78 is 0. The topological polar surface area (TPSA) is 45.8 Å². The Morgan fingerprint density at radius 1 is 1.11 bits per heavy atom. The molecule has 136 valence electrons. The maximum atomic E-state index is 12.8. The molecule has 3 nitrogen and oxygen atoms in total. The van der Waals surface area contributed by atoms with Gasteiger partial charge in [-0.05, 0) is 35.2 Å². The van der Waals surface area contributed by atoms with Gasteiger partial charge in [0.05, 0.1) is 5.39 Å². The highest BCUT2D eigenvalue weighted by molar-refractivity contribution is 7.17. The second-order valence-electron chi connectivity index (χ2n) is 6.31. The first-order chi connectivity index (χ1) is 13.0. The summed E-state index contributed by atoms with van der Waals surface area (Å²) in [4.78, 5) is 21.0. The Morgan fingerprint density at radius 3 is 2.59 bits per heavy atom. The monoisotopic (exact) mass is 414 g/mol. The molecule has 2 aromatic heterocycles. The van der Waals surface area contributed by atoms with E-state index >= 15 is 0 Å². The largest absolute Gasteiger partial charge is 0.310 e. The number of halogens is 2. The quantitative estimate of drug-likeness (QED) is 0.437. The average Bonchev–Trinajstić information content (AvgIpc) is 3.09. The van der Waals surface area contributed by atoms with Gasteiger partial charge in [-0.3, -0.25) is 4.79 Å². The number of benzene rings is 2. The van der Waals surface area contributed by atoms with Crippen LogP contribution in [0.2, 0.25) is 10.0 Å². The fourth-order valence-corrected chi connectivity index (χ4v) is 4.50. The molecule has 0 saturated carbocycles. The van der Waals surface area contributed by atoms with E-state index in [1.54, 1.807) is 12.1 Å². The first-order valence-corrected chi connectivity index (χ1v) is 10.2. The molecule has 6 heteroatoms. The second kappa shape index (κ2) is 7.47. The van der Waals surface area contributed by atoms with Crippen LogP contribution in [0.4, 0.5) is 0 Å². The van der Waals surface area contributed by atoms with Gasteiger partial charge in [-0.2, -0.15) is 0 Å². The number of hydrogen-bond donors (Lipinski definition) is 1. The molecule has 0 aliphatic heterocycles. The number of fused-ring (bicyclic) bond motifs is 1. The third-order valence-corrected chi connectivity index (χ3v) is 6.00. The highest BCUT2D eigenvalue weighted by Crippen LogP contribution is 2.31. The Labute approximate surface area is 170 Å². The van der Waals surface area contributed by atoms with Crippen molar-refractivity contribution < 1.29 is 0 Å². The number of aryl methyl sites for hydroxylation is 1. The maximum absolute atomic E-state index is 12.8. The zero-order chi connectivity index (χ0) is 19.0. The Bertz CT molecular complexity index is 1180. The summed E-state index contributed by atoms with van der Waals surface area (Å²) in [5.74, 6) is 0.589. The molecule has 0 bridgehead atoms. The summed E-state index contributed by atoms with van der Waals surface area (Å²) >= 11 is 13.7. The molecule has 0 atom stereocenters. The van der Waals surface area contributed by atoms with Crippen LogP contribution in [0.5, 0.6) is 0 Å². The molecule has 0 saturated heterocycles. The molecule has 2 aromatic carbocycles. The molecule has 0 spiro atoms. The lowest BCUT2D eigenvalue weighted by Gasteiger charge is -2.05. The summed E-state index contributed by atoms with van der Waals surface area (Å²) in [5, 5.41) is 3.77. The Hall–Kier alpha value is -2.14. The van der Waals surface area contributed by atoms with E-state index in [0.29, 0.717) is 27.7 Å². The van der Waals surface area contributed by atoms with Gasteiger partial charge in [0.25, 0.3) is 5.56 Å². The van der Waals surface area contributed by atoms with E-state index < -0.39 is 0 Å². The zero-order valence-corrected chi connectivity index (χ0v) is 16.9. The van der Waals surface area contributed by atoms with E-state index in [-0.39, 0.29) is 5.56 Å². The van der Waals surface area contributed by atoms with Crippen molar-refractivity contribution in [2.45, 2.75) is 19.8 Å². The van der Waals surface area contributed by atoms with E-state index in [0.717, 1.165) is 27.9 Å². The maximum Gasteiger partial charge on any atom is 0.260 e. The minimum atomic E-state index is -0.129. The first-order valence-electron chi connectivity index (χ1n) is 8.58. The third-order valence-electron chi connectivity index (χ3n) is 4.54. The van der Waals surface area contributed by atoms with Crippen molar-refractivity contribution in [1.82, 2.24) is 9.97 Å². The van der Waals surface area contributed by atoms with Crippen molar-refractivity contribution >= 4 is 44.8 Å². The molecule has 0 amide bonds. The molecule has 27 heavy (non-hydrogen) atoms. The Morgan fingerprint density at radius 2 is 1.89 bits per heavy atom. The number of aromatic amines is 1. The van der Waals surface area contributed by atoms with Gasteiger partial charge < -0.3 is 4.98 Å². The van der Waals surface area contributed by atoms with Crippen LogP contribution in [-0.4, -0.2) is 9.97 Å². The Kier molecular flexibility index (Phi) is 5.04. The van der Waals surface area contributed by atoms with Crippen molar-refractivity contribution in [1.29, 1.82) is 0 Å². The minimum Gasteiger partial charge on any atom is -0.310 e. The summed E-state index contributed by atoms with van der Waals surface area (Å²) in [6, 6.07) is 13.6. The standard InChI is InChI=1S/C21H16Cl2N2OS/c1-2-12-3-5-13(6-4-12)16-11-27-21-19(16)20(26)24-18(25-21)9-14-7-8-15(22)10-17(14)23/h3-8,10-11H,2,9H2,1H3,(H,24,25,26). The number of nitrogens with one attached hydrogen (secondary N) is 1. The zero-order valence-electron chi connectivity index (χ0n) is 14.6. The molecule has 2 heterocycles. The van der Waals surface area contributed by atoms with Gasteiger partial charge in [0.15, 0.2) is 0 Å². The number of nitrogens with zero attached hydrogens (tertiary/aromatic N) is 1. The fourth-order valence-electron chi connectivity index (χ4n) is 3.06. The van der Waals surface area contributed by atoms with Crippen LogP contribution >= 0.6 is 34.5 Å². The fraction of sp³-hybridized carbons (Fsp3) is 0.143. The van der Waals surface area contributed by atoms with Crippen LogP contribution in [-0.2, 0) is 12.8 Å². The summed E-state index contributed by atoms with van der Waals surface area (Å²) in [5.41, 5.74) is 3.96. The van der Waals surface area contributed by atoms with Crippen LogP contribution in [0, 0.1) is 0 Å². The number of H-pyrrole nitrogens is 1. The normalized spacial score (nSPS) is 11.2. The van der Waals surface area contributed by atoms with Crippen molar-refractivity contribution in [2.75, 3.05) is 0 Å². The molecular weight excluding hydrogens is 399 g/mol. The number of rotatable bonds is 4. The van der Waals surface area contributed by atoms with E-state index in [9.17, 15) is 4.79 Å². The molecular formula is C21H16Cl2N2OS. The van der Waals surface area contributed by atoms with Crippen LogP contribution in [0.25, 0.3) is 21.3 Å². The average molecular weight is 415 g/mol. The summed E-state index contributed by atoms with van der Waals surface area (Å²) in [6.07, 6.45) is 1.43. The van der Waals surface area contributed by atoms with Crippen molar-refractivity contribution in [3.8, 4) is 11.1 Å². The molecule has 4 rings (SSSR count). The Balaban J connectivity index is 1.74. The van der Waals surface area contributed by atoms with Gasteiger partial charge in [0.2, 0.25) is 0 Å². The second-order valence-corrected chi connectivity index (χ2v) is 8.01. The van der Waals surface area contributed by atoms with Gasteiger partial charge in [-0.25, -0.2) is 4.98 Å². The third kappa shape index (κ3) is 3.65. The number of thiophene rings is 1. The van der Waals surface area contributed by atoms with Gasteiger partial charge >= 0.3 is 0 Å². The van der Waals surface area contributed by atoms with E-state index in [1.807, 2.05) is 11.4 Å². The van der Waals surface area contributed by atoms with Gasteiger partial charge in [0, 0.05) is 27.4 Å². The van der Waals surface area contributed by atoms with Crippen LogP contribution in [0.1, 0.15) is 23.9 Å². The SMILES string of the molecule is CCc1ccc(-c2csc3nc(Cc4ccc(Cl)cc4Cl)[nH]c(=O)c23)cc1. The highest BCUT2D eigenvalue weighted by atomic mass is 35.5. The highest BCUT2D eigenvalue weighted by Gasteiger charge is 2.14. The predicted molar refractivity (Wildman–Crippen MR) is 114 cm³/mol. The number of aromatic nitrogens is 2. The van der Waals surface area contributed by atoms with Gasteiger partial charge in [-0.15, -0.1) is 11.3 Å². The number of hydrogen-bond acceptors (Lipinski definition) is 3. The first kappa shape index (κ1) is 18.2. The lowest BCUT2D eigenvalue weighted by atomic mass is 10.0. The molecule has 0 fully saturated rings. The van der Waals surface area contributed by atoms with E-state index in [2.05, 4.69) is 41.2 Å². The molecule has 0 aliphatic rings. The minimum absolute atomic E-state index is 0.129. The molecule has 0 radical (unpaired) electrons. The van der Waals surface area contributed by atoms with Crippen LogP contribution < -0.4 is 5.56 Å². The summed E-state index contributed by atoms with van der Waals surface area (Å²) in [6.45, 7) is 2.12. The molecule has 0 aliphatic carbocycles. The van der Waals surface area contributed by atoms with Crippen LogP contribution in [0.15, 0.2) is 52.6 Å². The van der Waals surface area contributed by atoms with Crippen molar-refractivity contribution in [2.24, 2.45) is 0 Å². The van der Waals surface area contributed by atoms with E-state index in [4.69, 9.17) is 23.2 Å². The smallest absolute Gasteiger partial charge is 0.260 e. The van der Waals surface area contributed by atoms with Crippen molar-refractivity contribution in [3.05, 3.63) is 85.2 Å². The van der Waals surface area contributed by atoms with Gasteiger partial charge in [0.1, 0.15) is 10.7 Å². The molecule has 4 aromatic rings. The van der Waals surface area contributed by atoms with Crippen molar-refractivity contribution in [3.63, 3.8) is 0 Å². The molecule has 1 N–H and O–H groups in total. The summed E-state index contributed by atoms with van der Waals surface area (Å²) in [7, 11) is 0. The predicted octanol–water partition coefficient (Wildman–Crippen LogP) is 6.11. The lowest BCUT2D eigenvalue weighted by molar-refractivity contribution is 0.977. The van der Waals surface area contributed by atoms with Gasteiger partial charge in [-0.1, -0.05) is 60.5 Å². The van der Waals surface area contributed by atoms with Crippen LogP contribution in [0.3, 0.4) is 0 Å². The van der Waals surface area contributed by atoms with E-state index in [1.165, 1.54) is 16.9 Å².